The lowest BCUT2D eigenvalue weighted by Crippen LogP contribution is -2.14. The Morgan fingerprint density at radius 2 is 1.94 bits per heavy atom. The molecule has 2 rings (SSSR count). The van der Waals surface area contributed by atoms with Crippen molar-refractivity contribution in [1.29, 1.82) is 0 Å². The molecule has 0 aliphatic carbocycles. The number of benzene rings is 1. The van der Waals surface area contributed by atoms with Crippen molar-refractivity contribution in [1.82, 2.24) is 4.98 Å². The molecule has 1 aromatic carbocycles. The molecule has 1 aromatic heterocycles. The Morgan fingerprint density at radius 3 is 2.53 bits per heavy atom. The molecule has 2 aromatic rings. The van der Waals surface area contributed by atoms with E-state index in [1.54, 1.807) is 24.5 Å². The van der Waals surface area contributed by atoms with E-state index in [4.69, 9.17) is 0 Å². The van der Waals surface area contributed by atoms with E-state index in [2.05, 4.69) is 25.8 Å². The summed E-state index contributed by atoms with van der Waals surface area (Å²) < 4.78 is 0. The van der Waals surface area contributed by atoms with Crippen LogP contribution in [0.2, 0.25) is 0 Å². The first kappa shape index (κ1) is 11.6. The second-order valence-electron chi connectivity index (χ2n) is 5.15. The molecule has 0 radical (unpaired) electrons. The van der Waals surface area contributed by atoms with Crippen LogP contribution in [0.5, 0.6) is 0 Å². The largest absolute Gasteiger partial charge is 0.478 e. The van der Waals surface area contributed by atoms with Crippen molar-refractivity contribution in [3.63, 3.8) is 0 Å². The predicted molar refractivity (Wildman–Crippen MR) is 67.4 cm³/mol. The molecule has 0 aliphatic rings. The van der Waals surface area contributed by atoms with Gasteiger partial charge in [0.05, 0.1) is 5.56 Å². The zero-order valence-corrected chi connectivity index (χ0v) is 10.2. The summed E-state index contributed by atoms with van der Waals surface area (Å²) in [5.41, 5.74) is 1.18. The smallest absolute Gasteiger partial charge is 0.336 e. The SMILES string of the molecule is CC(C)(C)c1cncc2cccc(C(=O)O)c12. The van der Waals surface area contributed by atoms with Crippen molar-refractivity contribution >= 4 is 16.7 Å². The molecule has 0 atom stereocenters. The molecular formula is C14H15NO2. The maximum Gasteiger partial charge on any atom is 0.336 e. The van der Waals surface area contributed by atoms with Crippen LogP contribution in [0.3, 0.4) is 0 Å². The zero-order chi connectivity index (χ0) is 12.6. The van der Waals surface area contributed by atoms with Gasteiger partial charge in [-0.1, -0.05) is 32.9 Å². The number of hydrogen-bond acceptors (Lipinski definition) is 2. The van der Waals surface area contributed by atoms with Crippen molar-refractivity contribution in [2.75, 3.05) is 0 Å². The first-order valence-corrected chi connectivity index (χ1v) is 5.52. The lowest BCUT2D eigenvalue weighted by atomic mass is 9.84. The maximum absolute atomic E-state index is 11.3. The number of nitrogens with zero attached hydrogens (tertiary/aromatic N) is 1. The molecule has 0 bridgehead atoms. The summed E-state index contributed by atoms with van der Waals surface area (Å²) in [6.45, 7) is 6.17. The number of aromatic nitrogens is 1. The normalized spacial score (nSPS) is 11.7. The number of carbonyl (C=O) groups is 1. The molecule has 88 valence electrons. The van der Waals surface area contributed by atoms with Crippen molar-refractivity contribution in [2.45, 2.75) is 26.2 Å². The van der Waals surface area contributed by atoms with E-state index in [-0.39, 0.29) is 5.41 Å². The second-order valence-corrected chi connectivity index (χ2v) is 5.15. The number of hydrogen-bond donors (Lipinski definition) is 1. The number of rotatable bonds is 1. The van der Waals surface area contributed by atoms with E-state index < -0.39 is 5.97 Å². The van der Waals surface area contributed by atoms with Crippen LogP contribution in [-0.2, 0) is 5.41 Å². The summed E-state index contributed by atoms with van der Waals surface area (Å²) in [5.74, 6) is -0.896. The summed E-state index contributed by atoms with van der Waals surface area (Å²) in [6.07, 6.45) is 3.46. The Morgan fingerprint density at radius 1 is 1.24 bits per heavy atom. The van der Waals surface area contributed by atoms with Gasteiger partial charge in [0.15, 0.2) is 0 Å². The van der Waals surface area contributed by atoms with Gasteiger partial charge in [-0.05, 0) is 17.0 Å². The zero-order valence-electron chi connectivity index (χ0n) is 10.2. The van der Waals surface area contributed by atoms with Crippen LogP contribution in [0.1, 0.15) is 36.7 Å². The van der Waals surface area contributed by atoms with Gasteiger partial charge in [0.25, 0.3) is 0 Å². The third-order valence-corrected chi connectivity index (χ3v) is 2.82. The Hall–Kier alpha value is -1.90. The predicted octanol–water partition coefficient (Wildman–Crippen LogP) is 3.23. The van der Waals surface area contributed by atoms with E-state index in [0.29, 0.717) is 5.56 Å². The first-order valence-electron chi connectivity index (χ1n) is 5.52. The van der Waals surface area contributed by atoms with E-state index in [1.165, 1.54) is 0 Å². The minimum absolute atomic E-state index is 0.127. The van der Waals surface area contributed by atoms with Gasteiger partial charge in [0, 0.05) is 23.2 Å². The molecule has 0 amide bonds. The average molecular weight is 229 g/mol. The molecule has 17 heavy (non-hydrogen) atoms. The van der Waals surface area contributed by atoms with Crippen LogP contribution < -0.4 is 0 Å². The van der Waals surface area contributed by atoms with Gasteiger partial charge in [-0.15, -0.1) is 0 Å². The van der Waals surface area contributed by atoms with Crippen molar-refractivity contribution in [2.24, 2.45) is 0 Å². The summed E-state index contributed by atoms with van der Waals surface area (Å²) in [5, 5.41) is 10.9. The lowest BCUT2D eigenvalue weighted by Gasteiger charge is -2.21. The van der Waals surface area contributed by atoms with Crippen molar-refractivity contribution in [3.05, 3.63) is 41.7 Å². The standard InChI is InChI=1S/C14H15NO2/c1-14(2,3)11-8-15-7-9-5-4-6-10(12(9)11)13(16)17/h4-8H,1-3H3,(H,16,17). The molecule has 1 heterocycles. The highest BCUT2D eigenvalue weighted by atomic mass is 16.4. The molecule has 0 spiro atoms. The second kappa shape index (κ2) is 3.84. The number of pyridine rings is 1. The third-order valence-electron chi connectivity index (χ3n) is 2.82. The van der Waals surface area contributed by atoms with Gasteiger partial charge in [-0.25, -0.2) is 4.79 Å². The highest BCUT2D eigenvalue weighted by Gasteiger charge is 2.20. The molecule has 0 saturated heterocycles. The fourth-order valence-corrected chi connectivity index (χ4v) is 1.98. The lowest BCUT2D eigenvalue weighted by molar-refractivity contribution is 0.0699. The van der Waals surface area contributed by atoms with Crippen LogP contribution in [0, 0.1) is 0 Å². The molecule has 0 fully saturated rings. The summed E-state index contributed by atoms with van der Waals surface area (Å²) in [6, 6.07) is 5.28. The van der Waals surface area contributed by atoms with E-state index in [9.17, 15) is 9.90 Å². The number of carboxylic acids is 1. The molecule has 0 saturated carbocycles. The molecule has 0 unspecified atom stereocenters. The van der Waals surface area contributed by atoms with Crippen LogP contribution >= 0.6 is 0 Å². The van der Waals surface area contributed by atoms with Gasteiger partial charge in [0.1, 0.15) is 0 Å². The molecule has 3 heteroatoms. The quantitative estimate of drug-likeness (QED) is 0.816. The van der Waals surface area contributed by atoms with Gasteiger partial charge in [-0.3, -0.25) is 4.98 Å². The van der Waals surface area contributed by atoms with E-state index in [1.807, 2.05) is 6.07 Å². The summed E-state index contributed by atoms with van der Waals surface area (Å²) >= 11 is 0. The van der Waals surface area contributed by atoms with Gasteiger partial charge in [-0.2, -0.15) is 0 Å². The number of fused-ring (bicyclic) bond motifs is 1. The Kier molecular flexibility index (Phi) is 2.62. The fourth-order valence-electron chi connectivity index (χ4n) is 1.98. The number of carboxylic acid groups (broad SMARTS) is 1. The van der Waals surface area contributed by atoms with Gasteiger partial charge < -0.3 is 5.11 Å². The average Bonchev–Trinajstić information content (AvgIpc) is 2.26. The number of aromatic carboxylic acids is 1. The van der Waals surface area contributed by atoms with E-state index in [0.717, 1.165) is 16.3 Å². The van der Waals surface area contributed by atoms with Crippen LogP contribution in [0.25, 0.3) is 10.8 Å². The summed E-state index contributed by atoms with van der Waals surface area (Å²) in [7, 11) is 0. The summed E-state index contributed by atoms with van der Waals surface area (Å²) in [4.78, 5) is 15.5. The first-order chi connectivity index (χ1) is 7.91. The molecule has 1 N–H and O–H groups in total. The minimum Gasteiger partial charge on any atom is -0.478 e. The van der Waals surface area contributed by atoms with Crippen molar-refractivity contribution < 1.29 is 9.90 Å². The molecule has 3 nitrogen and oxygen atoms in total. The minimum atomic E-state index is -0.896. The Bertz CT molecular complexity index is 577. The van der Waals surface area contributed by atoms with Gasteiger partial charge in [0.2, 0.25) is 0 Å². The fraction of sp³-hybridized carbons (Fsp3) is 0.286. The third kappa shape index (κ3) is 2.00. The molecular weight excluding hydrogens is 214 g/mol. The monoisotopic (exact) mass is 229 g/mol. The maximum atomic E-state index is 11.3. The Labute approximate surface area is 100 Å². The topological polar surface area (TPSA) is 50.2 Å². The van der Waals surface area contributed by atoms with E-state index >= 15 is 0 Å². The van der Waals surface area contributed by atoms with Crippen molar-refractivity contribution in [3.8, 4) is 0 Å². The van der Waals surface area contributed by atoms with Gasteiger partial charge >= 0.3 is 5.97 Å². The molecule has 0 aliphatic heterocycles. The highest BCUT2D eigenvalue weighted by Crippen LogP contribution is 2.31. The van der Waals surface area contributed by atoms with Crippen LogP contribution in [0.15, 0.2) is 30.6 Å². The van der Waals surface area contributed by atoms with Crippen LogP contribution in [0.4, 0.5) is 0 Å². The Balaban J connectivity index is 2.90. The highest BCUT2D eigenvalue weighted by molar-refractivity contribution is 6.05. The van der Waals surface area contributed by atoms with Crippen LogP contribution in [-0.4, -0.2) is 16.1 Å².